The van der Waals surface area contributed by atoms with Crippen LogP contribution in [0.1, 0.15) is 43.7 Å². The molecule has 0 radical (unpaired) electrons. The third-order valence-electron chi connectivity index (χ3n) is 3.82. The fourth-order valence-corrected chi connectivity index (χ4v) is 2.79. The molecule has 0 amide bonds. The number of piperidine rings is 1. The molecule has 1 saturated heterocycles. The van der Waals surface area contributed by atoms with Gasteiger partial charge in [-0.15, -0.1) is 0 Å². The summed E-state index contributed by atoms with van der Waals surface area (Å²) >= 11 is 0. The van der Waals surface area contributed by atoms with E-state index in [1.54, 1.807) is 0 Å². The maximum absolute atomic E-state index is 9.31. The Morgan fingerprint density at radius 2 is 2.28 bits per heavy atom. The van der Waals surface area contributed by atoms with Gasteiger partial charge < -0.3 is 10.6 Å². The van der Waals surface area contributed by atoms with Crippen molar-refractivity contribution in [2.45, 2.75) is 45.2 Å². The summed E-state index contributed by atoms with van der Waals surface area (Å²) in [6.45, 7) is 3.78. The number of benzene rings is 1. The fraction of sp³-hybridized carbons (Fsp3) is 0.533. The number of hydrogen-bond acceptors (Lipinski definition) is 3. The Morgan fingerprint density at radius 3 is 2.94 bits per heavy atom. The van der Waals surface area contributed by atoms with Crippen molar-refractivity contribution in [3.05, 3.63) is 29.3 Å². The zero-order chi connectivity index (χ0) is 13.0. The Labute approximate surface area is 109 Å². The second-order valence-electron chi connectivity index (χ2n) is 4.92. The van der Waals surface area contributed by atoms with Gasteiger partial charge in [0.05, 0.1) is 11.3 Å². The minimum absolute atomic E-state index is 0.492. The summed E-state index contributed by atoms with van der Waals surface area (Å²) in [5, 5.41) is 9.31. The molecular formula is C15H21N3. The average Bonchev–Trinajstić information content (AvgIpc) is 2.46. The van der Waals surface area contributed by atoms with Gasteiger partial charge in [-0.05, 0) is 43.4 Å². The number of nitriles is 1. The smallest absolute Gasteiger partial charge is 0.101 e. The highest BCUT2D eigenvalue weighted by Crippen LogP contribution is 2.29. The molecule has 18 heavy (non-hydrogen) atoms. The molecule has 1 aromatic rings. The van der Waals surface area contributed by atoms with E-state index in [0.29, 0.717) is 12.6 Å². The van der Waals surface area contributed by atoms with Crippen LogP contribution < -0.4 is 10.6 Å². The van der Waals surface area contributed by atoms with E-state index in [4.69, 9.17) is 5.73 Å². The third-order valence-corrected chi connectivity index (χ3v) is 3.82. The number of hydrogen-bond donors (Lipinski definition) is 1. The topological polar surface area (TPSA) is 53.0 Å². The van der Waals surface area contributed by atoms with Gasteiger partial charge in [0.15, 0.2) is 0 Å². The van der Waals surface area contributed by atoms with E-state index in [9.17, 15) is 5.26 Å². The standard InChI is InChI=1S/C15H21N3/c1-2-14-5-3-4-8-18(14)15-7-6-12(10-16)9-13(15)11-17/h6-7,9,14H,2-5,8,10,16H2,1H3. The second kappa shape index (κ2) is 5.88. The molecule has 3 heteroatoms. The van der Waals surface area contributed by atoms with Crippen LogP contribution in [0.5, 0.6) is 0 Å². The highest BCUT2D eigenvalue weighted by molar-refractivity contribution is 5.61. The summed E-state index contributed by atoms with van der Waals surface area (Å²) in [5.74, 6) is 0. The Balaban J connectivity index is 2.34. The maximum atomic E-state index is 9.31. The van der Waals surface area contributed by atoms with E-state index in [1.807, 2.05) is 12.1 Å². The van der Waals surface area contributed by atoms with Gasteiger partial charge in [0.2, 0.25) is 0 Å². The zero-order valence-corrected chi connectivity index (χ0v) is 11.0. The molecule has 1 heterocycles. The fourth-order valence-electron chi connectivity index (χ4n) is 2.79. The van der Waals surface area contributed by atoms with Crippen molar-refractivity contribution in [2.75, 3.05) is 11.4 Å². The molecule has 0 aromatic heterocycles. The maximum Gasteiger partial charge on any atom is 0.101 e. The van der Waals surface area contributed by atoms with Gasteiger partial charge in [-0.2, -0.15) is 5.26 Å². The predicted octanol–water partition coefficient (Wildman–Crippen LogP) is 2.79. The zero-order valence-electron chi connectivity index (χ0n) is 11.0. The molecule has 2 N–H and O–H groups in total. The quantitative estimate of drug-likeness (QED) is 0.888. The lowest BCUT2D eigenvalue weighted by molar-refractivity contribution is 0.450. The first-order valence-corrected chi connectivity index (χ1v) is 6.80. The van der Waals surface area contributed by atoms with Crippen LogP contribution in [0.2, 0.25) is 0 Å². The van der Waals surface area contributed by atoms with Gasteiger partial charge in [-0.3, -0.25) is 0 Å². The van der Waals surface area contributed by atoms with Crippen molar-refractivity contribution in [1.29, 1.82) is 5.26 Å². The van der Waals surface area contributed by atoms with Crippen molar-refractivity contribution < 1.29 is 0 Å². The lowest BCUT2D eigenvalue weighted by Crippen LogP contribution is -2.39. The first-order valence-electron chi connectivity index (χ1n) is 6.80. The van der Waals surface area contributed by atoms with Crippen LogP contribution in [0.4, 0.5) is 5.69 Å². The summed E-state index contributed by atoms with van der Waals surface area (Å²) in [4.78, 5) is 2.41. The first-order chi connectivity index (χ1) is 8.80. The van der Waals surface area contributed by atoms with E-state index in [2.05, 4.69) is 24.0 Å². The summed E-state index contributed by atoms with van der Waals surface area (Å²) < 4.78 is 0. The summed E-state index contributed by atoms with van der Waals surface area (Å²) in [5.41, 5.74) is 8.51. The van der Waals surface area contributed by atoms with Crippen molar-refractivity contribution in [2.24, 2.45) is 5.73 Å². The number of rotatable bonds is 3. The van der Waals surface area contributed by atoms with Crippen molar-refractivity contribution in [3.8, 4) is 6.07 Å². The molecule has 0 spiro atoms. The molecule has 0 aliphatic carbocycles. The highest BCUT2D eigenvalue weighted by Gasteiger charge is 2.23. The van der Waals surface area contributed by atoms with Crippen molar-refractivity contribution in [3.63, 3.8) is 0 Å². The van der Waals surface area contributed by atoms with Crippen LogP contribution in [-0.4, -0.2) is 12.6 Å². The van der Waals surface area contributed by atoms with Crippen LogP contribution in [0, 0.1) is 11.3 Å². The second-order valence-corrected chi connectivity index (χ2v) is 4.92. The number of nitrogens with zero attached hydrogens (tertiary/aromatic N) is 2. The predicted molar refractivity (Wildman–Crippen MR) is 74.3 cm³/mol. The SMILES string of the molecule is CCC1CCCCN1c1ccc(CN)cc1C#N. The van der Waals surface area contributed by atoms with E-state index in [1.165, 1.54) is 19.3 Å². The van der Waals surface area contributed by atoms with E-state index >= 15 is 0 Å². The van der Waals surface area contributed by atoms with Crippen LogP contribution in [-0.2, 0) is 6.54 Å². The molecule has 2 rings (SSSR count). The lowest BCUT2D eigenvalue weighted by Gasteiger charge is -2.37. The Bertz CT molecular complexity index is 448. The van der Waals surface area contributed by atoms with Crippen LogP contribution in [0.25, 0.3) is 0 Å². The van der Waals surface area contributed by atoms with Crippen LogP contribution >= 0.6 is 0 Å². The molecule has 96 valence electrons. The normalized spacial score (nSPS) is 19.6. The Kier molecular flexibility index (Phi) is 4.22. The molecule has 0 bridgehead atoms. The summed E-state index contributed by atoms with van der Waals surface area (Å²) in [7, 11) is 0. The van der Waals surface area contributed by atoms with E-state index in [-0.39, 0.29) is 0 Å². The molecule has 1 aromatic carbocycles. The molecule has 1 atom stereocenters. The van der Waals surface area contributed by atoms with Crippen LogP contribution in [0.3, 0.4) is 0 Å². The van der Waals surface area contributed by atoms with Gasteiger partial charge in [0.1, 0.15) is 6.07 Å². The Hall–Kier alpha value is -1.53. The minimum atomic E-state index is 0.492. The van der Waals surface area contributed by atoms with Crippen molar-refractivity contribution in [1.82, 2.24) is 0 Å². The van der Waals surface area contributed by atoms with Gasteiger partial charge in [0, 0.05) is 19.1 Å². The molecule has 1 aliphatic rings. The molecule has 1 aliphatic heterocycles. The molecule has 1 unspecified atom stereocenters. The largest absolute Gasteiger partial charge is 0.367 e. The molecule has 0 saturated carbocycles. The Morgan fingerprint density at radius 1 is 1.44 bits per heavy atom. The van der Waals surface area contributed by atoms with E-state index < -0.39 is 0 Å². The average molecular weight is 243 g/mol. The van der Waals surface area contributed by atoms with Gasteiger partial charge in [-0.25, -0.2) is 0 Å². The number of anilines is 1. The van der Waals surface area contributed by atoms with Crippen LogP contribution in [0.15, 0.2) is 18.2 Å². The van der Waals surface area contributed by atoms with Gasteiger partial charge >= 0.3 is 0 Å². The van der Waals surface area contributed by atoms with Crippen molar-refractivity contribution >= 4 is 5.69 Å². The molecular weight excluding hydrogens is 222 g/mol. The summed E-state index contributed by atoms with van der Waals surface area (Å²) in [6.07, 6.45) is 4.90. The number of nitrogens with two attached hydrogens (primary N) is 1. The first kappa shape index (κ1) is 12.9. The van der Waals surface area contributed by atoms with Gasteiger partial charge in [-0.1, -0.05) is 13.0 Å². The molecule has 1 fully saturated rings. The monoisotopic (exact) mass is 243 g/mol. The minimum Gasteiger partial charge on any atom is -0.367 e. The third kappa shape index (κ3) is 2.49. The lowest BCUT2D eigenvalue weighted by atomic mass is 9.97. The van der Waals surface area contributed by atoms with E-state index in [0.717, 1.165) is 29.8 Å². The highest BCUT2D eigenvalue weighted by atomic mass is 15.2. The summed E-state index contributed by atoms with van der Waals surface area (Å²) in [6, 6.07) is 8.92. The molecule has 3 nitrogen and oxygen atoms in total. The van der Waals surface area contributed by atoms with Gasteiger partial charge in [0.25, 0.3) is 0 Å².